The Morgan fingerprint density at radius 2 is 1.37 bits per heavy atom. The van der Waals surface area contributed by atoms with Crippen molar-refractivity contribution in [2.45, 2.75) is 5.60 Å². The highest BCUT2D eigenvalue weighted by atomic mass is 16.5. The Morgan fingerprint density at radius 1 is 0.767 bits per heavy atom. The molecule has 0 atom stereocenters. The highest BCUT2D eigenvalue weighted by Crippen LogP contribution is 2.47. The highest BCUT2D eigenvalue weighted by Gasteiger charge is 2.41. The lowest BCUT2D eigenvalue weighted by Gasteiger charge is -2.38. The Balaban J connectivity index is 1.87. The predicted molar refractivity (Wildman–Crippen MR) is 118 cm³/mol. The van der Waals surface area contributed by atoms with Crippen molar-refractivity contribution in [3.63, 3.8) is 0 Å². The first-order chi connectivity index (χ1) is 14.7. The average Bonchev–Trinajstić information content (AvgIpc) is 2.83. The molecule has 0 N–H and O–H groups in total. The lowest BCUT2D eigenvalue weighted by Crippen LogP contribution is -2.36. The van der Waals surface area contributed by atoms with Gasteiger partial charge in [-0.2, -0.15) is 0 Å². The number of fused-ring (bicyclic) bond motifs is 3. The number of ether oxygens (including phenoxy) is 2. The second kappa shape index (κ2) is 7.20. The second-order valence-corrected chi connectivity index (χ2v) is 7.28. The van der Waals surface area contributed by atoms with Crippen molar-refractivity contribution >= 4 is 22.3 Å². The lowest BCUT2D eigenvalue weighted by molar-refractivity contribution is -0.133. The number of carbonyl (C=O) groups is 1. The summed E-state index contributed by atoms with van der Waals surface area (Å²) in [5.74, 6) is 0.301. The molecular formula is C27H20O3. The summed E-state index contributed by atoms with van der Waals surface area (Å²) in [6, 6.07) is 31.9. The molecule has 0 saturated heterocycles. The van der Waals surface area contributed by atoms with Crippen LogP contribution in [0.4, 0.5) is 0 Å². The van der Waals surface area contributed by atoms with E-state index < -0.39 is 5.60 Å². The summed E-state index contributed by atoms with van der Waals surface area (Å²) in [7, 11) is 1.41. The van der Waals surface area contributed by atoms with Gasteiger partial charge in [-0.25, -0.2) is 4.79 Å². The zero-order valence-electron chi connectivity index (χ0n) is 16.5. The smallest absolute Gasteiger partial charge is 0.338 e. The number of hydrogen-bond acceptors (Lipinski definition) is 3. The number of benzene rings is 4. The van der Waals surface area contributed by atoms with E-state index in [1.165, 1.54) is 7.11 Å². The Bertz CT molecular complexity index is 1220. The lowest BCUT2D eigenvalue weighted by atomic mass is 9.81. The normalized spacial score (nSPS) is 14.4. The van der Waals surface area contributed by atoms with Gasteiger partial charge in [-0.1, -0.05) is 91.0 Å². The fourth-order valence-corrected chi connectivity index (χ4v) is 4.14. The van der Waals surface area contributed by atoms with Crippen LogP contribution in [0.3, 0.4) is 0 Å². The van der Waals surface area contributed by atoms with Crippen LogP contribution in [-0.4, -0.2) is 13.1 Å². The van der Waals surface area contributed by atoms with Crippen molar-refractivity contribution in [3.05, 3.63) is 120 Å². The molecule has 1 aliphatic heterocycles. The van der Waals surface area contributed by atoms with Gasteiger partial charge >= 0.3 is 5.97 Å². The summed E-state index contributed by atoms with van der Waals surface area (Å²) in [6.45, 7) is 0. The summed E-state index contributed by atoms with van der Waals surface area (Å²) in [5, 5.41) is 2.01. The molecule has 30 heavy (non-hydrogen) atoms. The molecule has 0 aromatic heterocycles. The molecule has 0 bridgehead atoms. The van der Waals surface area contributed by atoms with Crippen molar-refractivity contribution in [2.24, 2.45) is 0 Å². The van der Waals surface area contributed by atoms with E-state index in [0.29, 0.717) is 11.3 Å². The molecular weight excluding hydrogens is 372 g/mol. The van der Waals surface area contributed by atoms with Crippen LogP contribution in [0.1, 0.15) is 16.7 Å². The fraction of sp³-hybridized carbons (Fsp3) is 0.0741. The van der Waals surface area contributed by atoms with E-state index in [9.17, 15) is 4.79 Å². The van der Waals surface area contributed by atoms with E-state index in [0.717, 1.165) is 27.5 Å². The Labute approximate surface area is 175 Å². The topological polar surface area (TPSA) is 35.5 Å². The molecule has 0 aliphatic carbocycles. The van der Waals surface area contributed by atoms with Crippen molar-refractivity contribution < 1.29 is 14.3 Å². The summed E-state index contributed by atoms with van der Waals surface area (Å²) >= 11 is 0. The highest BCUT2D eigenvalue weighted by molar-refractivity contribution is 6.19. The number of methoxy groups -OCH3 is 1. The SMILES string of the molecule is COC(=O)C1=CC(c2ccccc2)(c2ccccc2)Oc2c1ccc1ccccc21. The number of hydrogen-bond donors (Lipinski definition) is 0. The quantitative estimate of drug-likeness (QED) is 0.418. The van der Waals surface area contributed by atoms with Crippen LogP contribution in [0.2, 0.25) is 0 Å². The molecule has 5 rings (SSSR count). The molecule has 3 nitrogen and oxygen atoms in total. The molecule has 0 fully saturated rings. The Morgan fingerprint density at radius 3 is 2.00 bits per heavy atom. The maximum Gasteiger partial charge on any atom is 0.338 e. The van der Waals surface area contributed by atoms with Crippen molar-refractivity contribution in [2.75, 3.05) is 7.11 Å². The van der Waals surface area contributed by atoms with Crippen LogP contribution in [-0.2, 0) is 15.1 Å². The van der Waals surface area contributed by atoms with Crippen LogP contribution < -0.4 is 4.74 Å². The van der Waals surface area contributed by atoms with Crippen LogP contribution >= 0.6 is 0 Å². The standard InChI is InChI=1S/C27H20O3/c1-29-26(28)24-18-27(20-11-4-2-5-12-20,21-13-6-3-7-14-21)30-25-22-15-9-8-10-19(22)16-17-23(24)25/h2-18H,1H3. The molecule has 0 amide bonds. The third-order valence-corrected chi connectivity index (χ3v) is 5.59. The second-order valence-electron chi connectivity index (χ2n) is 7.28. The van der Waals surface area contributed by atoms with E-state index in [2.05, 4.69) is 0 Å². The van der Waals surface area contributed by atoms with Gasteiger partial charge in [0.15, 0.2) is 5.60 Å². The molecule has 0 saturated carbocycles. The third-order valence-electron chi connectivity index (χ3n) is 5.59. The predicted octanol–water partition coefficient (Wildman–Crippen LogP) is 5.73. The van der Waals surface area contributed by atoms with Gasteiger partial charge in [-0.05, 0) is 17.5 Å². The van der Waals surface area contributed by atoms with Gasteiger partial charge in [0.1, 0.15) is 5.75 Å². The summed E-state index contributed by atoms with van der Waals surface area (Å²) in [6.07, 6.45) is 1.89. The monoisotopic (exact) mass is 392 g/mol. The minimum absolute atomic E-state index is 0.383. The van der Waals surface area contributed by atoms with Crippen molar-refractivity contribution in [1.29, 1.82) is 0 Å². The van der Waals surface area contributed by atoms with Crippen LogP contribution in [0, 0.1) is 0 Å². The number of esters is 1. The molecule has 4 aromatic carbocycles. The molecule has 146 valence electrons. The van der Waals surface area contributed by atoms with Gasteiger partial charge < -0.3 is 9.47 Å². The van der Waals surface area contributed by atoms with Crippen LogP contribution in [0.25, 0.3) is 16.3 Å². The fourth-order valence-electron chi connectivity index (χ4n) is 4.14. The van der Waals surface area contributed by atoms with Gasteiger partial charge in [-0.3, -0.25) is 0 Å². The van der Waals surface area contributed by atoms with E-state index in [4.69, 9.17) is 9.47 Å². The zero-order valence-corrected chi connectivity index (χ0v) is 16.5. The van der Waals surface area contributed by atoms with Crippen molar-refractivity contribution in [3.8, 4) is 5.75 Å². The first-order valence-corrected chi connectivity index (χ1v) is 9.86. The van der Waals surface area contributed by atoms with Gasteiger partial charge in [0.25, 0.3) is 0 Å². The van der Waals surface area contributed by atoms with E-state index >= 15 is 0 Å². The van der Waals surface area contributed by atoms with Gasteiger partial charge in [0, 0.05) is 22.1 Å². The molecule has 0 unspecified atom stereocenters. The van der Waals surface area contributed by atoms with Crippen LogP contribution in [0.15, 0.2) is 103 Å². The van der Waals surface area contributed by atoms with E-state index in [1.54, 1.807) is 0 Å². The maximum absolute atomic E-state index is 12.9. The van der Waals surface area contributed by atoms with E-state index in [-0.39, 0.29) is 5.97 Å². The van der Waals surface area contributed by atoms with Gasteiger partial charge in [0.05, 0.1) is 12.7 Å². The molecule has 0 spiro atoms. The third kappa shape index (κ3) is 2.79. The van der Waals surface area contributed by atoms with E-state index in [1.807, 2.05) is 103 Å². The summed E-state index contributed by atoms with van der Waals surface area (Å²) in [4.78, 5) is 12.9. The largest absolute Gasteiger partial charge is 0.472 e. The molecule has 1 aliphatic rings. The minimum Gasteiger partial charge on any atom is -0.472 e. The zero-order chi connectivity index (χ0) is 20.6. The first-order valence-electron chi connectivity index (χ1n) is 9.86. The Kier molecular flexibility index (Phi) is 4.36. The number of rotatable bonds is 3. The van der Waals surface area contributed by atoms with Gasteiger partial charge in [-0.15, -0.1) is 0 Å². The molecule has 1 heterocycles. The molecule has 3 heteroatoms. The molecule has 0 radical (unpaired) electrons. The van der Waals surface area contributed by atoms with Gasteiger partial charge in [0.2, 0.25) is 0 Å². The van der Waals surface area contributed by atoms with Crippen LogP contribution in [0.5, 0.6) is 5.75 Å². The minimum atomic E-state index is -0.955. The summed E-state index contributed by atoms with van der Waals surface area (Å²) in [5.41, 5.74) is 2.16. The molecule has 4 aromatic rings. The average molecular weight is 392 g/mol. The van der Waals surface area contributed by atoms with Crippen molar-refractivity contribution in [1.82, 2.24) is 0 Å². The maximum atomic E-state index is 12.9. The first kappa shape index (κ1) is 18.2. The summed E-state index contributed by atoms with van der Waals surface area (Å²) < 4.78 is 12.0. The number of carbonyl (C=O) groups excluding carboxylic acids is 1. The Hall–Kier alpha value is -3.85.